The van der Waals surface area contributed by atoms with Gasteiger partial charge in [-0.25, -0.2) is 0 Å². The van der Waals surface area contributed by atoms with Crippen molar-refractivity contribution < 1.29 is 9.47 Å². The molecule has 0 N–H and O–H groups in total. The van der Waals surface area contributed by atoms with E-state index in [0.29, 0.717) is 16.9 Å². The summed E-state index contributed by atoms with van der Waals surface area (Å²) in [7, 11) is 1.88. The fraction of sp³-hybridized carbons (Fsp3) is 0.867. The first-order valence-electron chi connectivity index (χ1n) is 28.1. The van der Waals surface area contributed by atoms with Crippen molar-refractivity contribution in [2.75, 3.05) is 33.4 Å². The van der Waals surface area contributed by atoms with Gasteiger partial charge in [0.05, 0.1) is 12.2 Å². The molecule has 0 radical (unpaired) electrons. The molecule has 10 unspecified atom stereocenters. The van der Waals surface area contributed by atoms with E-state index in [9.17, 15) is 0 Å². The van der Waals surface area contributed by atoms with Gasteiger partial charge in [-0.1, -0.05) is 160 Å². The van der Waals surface area contributed by atoms with Crippen molar-refractivity contribution in [2.45, 2.75) is 246 Å². The Kier molecular flexibility index (Phi) is 23.7. The number of likely N-dealkylation sites (tertiary alicyclic amines) is 1. The summed E-state index contributed by atoms with van der Waals surface area (Å²) in [5, 5.41) is 0. The minimum atomic E-state index is 0.262. The Morgan fingerprint density at radius 3 is 2.25 bits per heavy atom. The second-order valence-corrected chi connectivity index (χ2v) is 23.4. The van der Waals surface area contributed by atoms with E-state index < -0.39 is 0 Å². The zero-order valence-electron chi connectivity index (χ0n) is 43.1. The third-order valence-corrected chi connectivity index (χ3v) is 18.3. The molecule has 5 aliphatic rings. The lowest BCUT2D eigenvalue weighted by Gasteiger charge is -2.58. The second kappa shape index (κ2) is 28.2. The van der Waals surface area contributed by atoms with Crippen molar-refractivity contribution in [3.63, 3.8) is 0 Å². The molecule has 0 bridgehead atoms. The van der Waals surface area contributed by atoms with Crippen LogP contribution in [0.5, 0.6) is 0 Å². The van der Waals surface area contributed by atoms with Crippen LogP contribution in [-0.2, 0) is 9.47 Å². The number of hydrogen-bond donors (Lipinski definition) is 0. The molecule has 5 rings (SSSR count). The van der Waals surface area contributed by atoms with Gasteiger partial charge in [0.25, 0.3) is 0 Å². The van der Waals surface area contributed by atoms with Gasteiger partial charge in [-0.15, -0.1) is 0 Å². The molecule has 3 saturated carbocycles. The van der Waals surface area contributed by atoms with E-state index in [0.717, 1.165) is 93.3 Å². The highest BCUT2D eigenvalue weighted by Gasteiger charge is 2.59. The molecule has 0 amide bonds. The summed E-state index contributed by atoms with van der Waals surface area (Å²) in [5.41, 5.74) is 4.32. The highest BCUT2D eigenvalue weighted by atomic mass is 16.5. The average Bonchev–Trinajstić information content (AvgIpc) is 3.88. The maximum atomic E-state index is 6.81. The first kappa shape index (κ1) is 52.8. The summed E-state index contributed by atoms with van der Waals surface area (Å²) < 4.78 is 12.5. The number of allylic oxidation sites excluding steroid dienone is 6. The quantitative estimate of drug-likeness (QED) is 0.0497. The van der Waals surface area contributed by atoms with Crippen LogP contribution in [0, 0.1) is 52.3 Å². The molecule has 0 aromatic carbocycles. The molecule has 0 aromatic rings. The van der Waals surface area contributed by atoms with Gasteiger partial charge in [0.1, 0.15) is 0 Å². The van der Waals surface area contributed by atoms with Crippen molar-refractivity contribution >= 4 is 0 Å². The van der Waals surface area contributed by atoms with Crippen LogP contribution in [0.4, 0.5) is 0 Å². The molecule has 362 valence electrons. The van der Waals surface area contributed by atoms with Crippen LogP contribution in [0.1, 0.15) is 234 Å². The molecule has 0 aromatic heterocycles. The Balaban J connectivity index is 0.968. The third-order valence-electron chi connectivity index (χ3n) is 18.3. The molecule has 1 saturated heterocycles. The topological polar surface area (TPSA) is 21.7 Å². The van der Waals surface area contributed by atoms with Crippen molar-refractivity contribution in [2.24, 2.45) is 52.3 Å². The molecule has 0 spiro atoms. The van der Waals surface area contributed by atoms with E-state index in [1.54, 1.807) is 0 Å². The van der Waals surface area contributed by atoms with E-state index in [1.165, 1.54) is 173 Å². The van der Waals surface area contributed by atoms with E-state index in [-0.39, 0.29) is 6.10 Å². The lowest BCUT2D eigenvalue weighted by atomic mass is 9.46. The van der Waals surface area contributed by atoms with Gasteiger partial charge in [0.2, 0.25) is 0 Å². The first-order valence-corrected chi connectivity index (χ1v) is 28.1. The van der Waals surface area contributed by atoms with Crippen molar-refractivity contribution in [3.8, 4) is 0 Å². The standard InChI is InChI=1S/C60H105NO2/c1-9-10-11-12-13-14-15-16-17-18-19-20-21-22-23-24-25-26-30-49(4)44-54(47-61-42-39-53(46-61)62-8)63-43-28-32-51-37-40-59(6)52(45-51)33-34-55-57-36-35-56(50(5)31-27-29-48(2)3)60(57,7)41-38-58(55)59/h13-14,16-17,33,48,50-51,53-58H,4,9-12,15,18-32,34-47H2,1-3,5-8H3. The molecule has 4 fully saturated rings. The van der Waals surface area contributed by atoms with E-state index >= 15 is 0 Å². The van der Waals surface area contributed by atoms with Gasteiger partial charge in [-0.05, 0) is 174 Å². The summed E-state index contributed by atoms with van der Waals surface area (Å²) in [6.07, 6.45) is 53.2. The first-order chi connectivity index (χ1) is 30.6. The molecule has 4 aliphatic carbocycles. The van der Waals surface area contributed by atoms with Crippen LogP contribution in [0.2, 0.25) is 0 Å². The smallest absolute Gasteiger partial charge is 0.0738 e. The Morgan fingerprint density at radius 2 is 1.54 bits per heavy atom. The fourth-order valence-corrected chi connectivity index (χ4v) is 14.4. The molecule has 1 heterocycles. The van der Waals surface area contributed by atoms with Gasteiger partial charge in [-0.2, -0.15) is 0 Å². The molecule has 10 atom stereocenters. The third kappa shape index (κ3) is 16.5. The summed E-state index contributed by atoms with van der Waals surface area (Å²) in [6, 6.07) is 0. The van der Waals surface area contributed by atoms with Gasteiger partial charge >= 0.3 is 0 Å². The predicted molar refractivity (Wildman–Crippen MR) is 274 cm³/mol. The molecule has 3 nitrogen and oxygen atoms in total. The Hall–Kier alpha value is -1.16. The van der Waals surface area contributed by atoms with Crippen LogP contribution in [0.3, 0.4) is 0 Å². The molecule has 1 aliphatic heterocycles. The van der Waals surface area contributed by atoms with E-state index in [1.807, 2.05) is 12.7 Å². The number of ether oxygens (including phenoxy) is 2. The summed E-state index contributed by atoms with van der Waals surface area (Å²) in [4.78, 5) is 2.59. The largest absolute Gasteiger partial charge is 0.380 e. The van der Waals surface area contributed by atoms with Gasteiger partial charge < -0.3 is 9.47 Å². The van der Waals surface area contributed by atoms with Gasteiger partial charge in [-0.3, -0.25) is 4.90 Å². The molecular formula is C60H105NO2. The van der Waals surface area contributed by atoms with Crippen LogP contribution in [0.15, 0.2) is 48.1 Å². The van der Waals surface area contributed by atoms with Gasteiger partial charge in [0.15, 0.2) is 0 Å². The normalized spacial score (nSPS) is 30.8. The second-order valence-electron chi connectivity index (χ2n) is 23.4. The summed E-state index contributed by atoms with van der Waals surface area (Å²) in [6.45, 7) is 23.9. The maximum absolute atomic E-state index is 6.81. The van der Waals surface area contributed by atoms with E-state index in [2.05, 4.69) is 83.4 Å². The van der Waals surface area contributed by atoms with Crippen molar-refractivity contribution in [1.29, 1.82) is 0 Å². The number of hydrogen-bond acceptors (Lipinski definition) is 3. The van der Waals surface area contributed by atoms with Crippen molar-refractivity contribution in [1.82, 2.24) is 4.90 Å². The number of fused-ring (bicyclic) bond motifs is 5. The number of rotatable bonds is 32. The average molecular weight is 873 g/mol. The van der Waals surface area contributed by atoms with Crippen LogP contribution >= 0.6 is 0 Å². The van der Waals surface area contributed by atoms with Crippen molar-refractivity contribution in [3.05, 3.63) is 48.1 Å². The predicted octanol–water partition coefficient (Wildman–Crippen LogP) is 17.5. The fourth-order valence-electron chi connectivity index (χ4n) is 14.4. The van der Waals surface area contributed by atoms with E-state index in [4.69, 9.17) is 9.47 Å². The summed E-state index contributed by atoms with van der Waals surface area (Å²) >= 11 is 0. The minimum absolute atomic E-state index is 0.262. The Bertz CT molecular complexity index is 1360. The zero-order valence-corrected chi connectivity index (χ0v) is 43.1. The zero-order chi connectivity index (χ0) is 44.9. The van der Waals surface area contributed by atoms with Gasteiger partial charge in [0, 0.05) is 33.4 Å². The lowest BCUT2D eigenvalue weighted by Crippen LogP contribution is -2.50. The van der Waals surface area contributed by atoms with Crippen LogP contribution < -0.4 is 0 Å². The Labute approximate surface area is 392 Å². The number of nitrogens with zero attached hydrogens (tertiary/aromatic N) is 1. The van der Waals surface area contributed by atoms with Crippen LogP contribution in [-0.4, -0.2) is 50.5 Å². The highest BCUT2D eigenvalue weighted by molar-refractivity contribution is 5.25. The lowest BCUT2D eigenvalue weighted by molar-refractivity contribution is -0.0532. The SMILES string of the molecule is C=C(CCCCCCCCCCC=CCC=CCCCCC)CC(CN1CCC(OC)C1)OCCCC1CCC2(C)C(=CCC3C2CCC2(C)C(C(C)CCCC(C)C)CCC32)C1. The molecule has 3 heteroatoms. The number of unbranched alkanes of at least 4 members (excludes halogenated alkanes) is 11. The molecular weight excluding hydrogens is 767 g/mol. The monoisotopic (exact) mass is 872 g/mol. The molecule has 63 heavy (non-hydrogen) atoms. The van der Waals surface area contributed by atoms with Crippen LogP contribution in [0.25, 0.3) is 0 Å². The number of methoxy groups -OCH3 is 1. The Morgan fingerprint density at radius 1 is 0.810 bits per heavy atom. The summed E-state index contributed by atoms with van der Waals surface area (Å²) in [5.74, 6) is 6.38. The highest BCUT2D eigenvalue weighted by Crippen LogP contribution is 2.67. The maximum Gasteiger partial charge on any atom is 0.0738 e. The minimum Gasteiger partial charge on any atom is -0.380 e.